The number of hydrogen-bond donors (Lipinski definition) is 4. The van der Waals surface area contributed by atoms with Crippen molar-refractivity contribution in [2.24, 2.45) is 16.8 Å². The second-order valence-corrected chi connectivity index (χ2v) is 8.79. The highest BCUT2D eigenvalue weighted by Gasteiger charge is 2.41. The van der Waals surface area contributed by atoms with Gasteiger partial charge in [0.15, 0.2) is 0 Å². The first-order valence-corrected chi connectivity index (χ1v) is 10.8. The molecular weight excluding hydrogens is 411 g/mol. The van der Waals surface area contributed by atoms with Crippen molar-refractivity contribution >= 4 is 23.8 Å². The summed E-state index contributed by atoms with van der Waals surface area (Å²) in [5.74, 6) is -0.0147. The van der Waals surface area contributed by atoms with Crippen molar-refractivity contribution in [2.75, 3.05) is 19.6 Å². The van der Waals surface area contributed by atoms with Crippen LogP contribution in [0.5, 0.6) is 0 Å². The summed E-state index contributed by atoms with van der Waals surface area (Å²) < 4.78 is 37.4. The molecule has 168 valence electrons. The molecule has 1 aromatic heterocycles. The van der Waals surface area contributed by atoms with Crippen molar-refractivity contribution in [1.82, 2.24) is 31.2 Å². The van der Waals surface area contributed by atoms with Gasteiger partial charge in [0.1, 0.15) is 12.2 Å². The van der Waals surface area contributed by atoms with Crippen molar-refractivity contribution in [1.29, 1.82) is 0 Å². The summed E-state index contributed by atoms with van der Waals surface area (Å²) in [4.78, 5) is 20.9. The first kappa shape index (κ1) is 20.4. The number of nitrogens with zero attached hydrogens (tertiary/aromatic N) is 3. The van der Waals surface area contributed by atoms with Crippen LogP contribution >= 0.6 is 0 Å². The molecule has 0 bridgehead atoms. The summed E-state index contributed by atoms with van der Waals surface area (Å²) in [6.45, 7) is 2.10. The second-order valence-electron chi connectivity index (χ2n) is 8.79. The SMILES string of the molecule is O=C(N[C@@H]1CCN(C[C@H]2CC[C@H](C3=C4c5cc[nH]c5N=CN4NN3)CC2)C1)C(F)(F)F. The number of nitrogens with one attached hydrogen (secondary N) is 4. The summed E-state index contributed by atoms with van der Waals surface area (Å²) >= 11 is 0. The van der Waals surface area contributed by atoms with E-state index in [2.05, 4.69) is 31.2 Å². The molecule has 1 saturated heterocycles. The highest BCUT2D eigenvalue weighted by molar-refractivity contribution is 5.88. The van der Waals surface area contributed by atoms with Gasteiger partial charge in [0, 0.05) is 43.4 Å². The number of carbonyl (C=O) groups is 1. The van der Waals surface area contributed by atoms with E-state index in [4.69, 9.17) is 0 Å². The third kappa shape index (κ3) is 4.03. The Morgan fingerprint density at radius 1 is 1.23 bits per heavy atom. The Labute approximate surface area is 177 Å². The smallest absolute Gasteiger partial charge is 0.346 e. The first-order valence-electron chi connectivity index (χ1n) is 10.8. The molecule has 0 spiro atoms. The maximum atomic E-state index is 12.5. The number of aliphatic imine (C=N–C) groups is 1. The number of hydrogen-bond acceptors (Lipinski definition) is 6. The molecule has 1 amide bonds. The van der Waals surface area contributed by atoms with Gasteiger partial charge in [-0.05, 0) is 44.1 Å². The van der Waals surface area contributed by atoms with Crippen LogP contribution in [-0.2, 0) is 4.79 Å². The van der Waals surface area contributed by atoms with E-state index in [1.54, 1.807) is 6.34 Å². The molecular formula is C20H26F3N7O. The Kier molecular flexibility index (Phi) is 5.17. The number of aromatic amines is 1. The molecule has 3 aliphatic heterocycles. The van der Waals surface area contributed by atoms with Gasteiger partial charge in [-0.2, -0.15) is 13.2 Å². The maximum absolute atomic E-state index is 12.5. The molecule has 0 aromatic carbocycles. The molecule has 2 fully saturated rings. The number of alkyl halides is 3. The number of fused-ring (bicyclic) bond motifs is 3. The minimum absolute atomic E-state index is 0.416. The van der Waals surface area contributed by atoms with Gasteiger partial charge in [-0.25, -0.2) is 10.0 Å². The molecule has 4 aliphatic rings. The van der Waals surface area contributed by atoms with Crippen molar-refractivity contribution in [3.05, 3.63) is 23.5 Å². The average Bonchev–Trinajstić information content (AvgIpc) is 3.46. The highest BCUT2D eigenvalue weighted by Crippen LogP contribution is 2.41. The van der Waals surface area contributed by atoms with Crippen molar-refractivity contribution in [2.45, 2.75) is 44.3 Å². The van der Waals surface area contributed by atoms with Gasteiger partial charge in [0.05, 0.1) is 11.4 Å². The summed E-state index contributed by atoms with van der Waals surface area (Å²) in [6.07, 6.45) is 3.69. The molecule has 5 rings (SSSR count). The zero-order valence-corrected chi connectivity index (χ0v) is 17.0. The number of likely N-dealkylation sites (tertiary alicyclic amines) is 1. The lowest BCUT2D eigenvalue weighted by molar-refractivity contribution is -0.174. The van der Waals surface area contributed by atoms with Gasteiger partial charge < -0.3 is 20.6 Å². The second kappa shape index (κ2) is 7.86. The molecule has 4 N–H and O–H groups in total. The Bertz CT molecular complexity index is 901. The molecule has 1 aromatic rings. The number of allylic oxidation sites excluding steroid dienone is 1. The fourth-order valence-electron chi connectivity index (χ4n) is 5.18. The standard InChI is InChI=1S/C20H26F3N7O/c21-20(22,23)19(31)26-14-6-8-29(10-14)9-12-1-3-13(4-2-12)16-17-15-5-7-24-18(15)25-11-30(17)28-27-16/h5,7,11-14,24,27-28H,1-4,6,8-10H2,(H,26,31)/t12-,13-,14-/m1/s1. The van der Waals surface area contributed by atoms with Crippen LogP contribution in [0.2, 0.25) is 0 Å². The number of carbonyl (C=O) groups excluding carboxylic acids is 1. The first-order chi connectivity index (χ1) is 14.9. The lowest BCUT2D eigenvalue weighted by Crippen LogP contribution is -2.44. The Morgan fingerprint density at radius 2 is 2.03 bits per heavy atom. The topological polar surface area (TPSA) is 87.8 Å². The fourth-order valence-corrected chi connectivity index (χ4v) is 5.18. The molecule has 0 unspecified atom stereocenters. The van der Waals surface area contributed by atoms with Gasteiger partial charge >= 0.3 is 12.1 Å². The monoisotopic (exact) mass is 437 g/mol. The van der Waals surface area contributed by atoms with Crippen LogP contribution in [0, 0.1) is 11.8 Å². The van der Waals surface area contributed by atoms with Crippen molar-refractivity contribution < 1.29 is 18.0 Å². The Hall–Kier alpha value is -2.53. The van der Waals surface area contributed by atoms with Crippen molar-refractivity contribution in [3.8, 4) is 0 Å². The van der Waals surface area contributed by atoms with Crippen LogP contribution in [0.4, 0.5) is 19.0 Å². The average molecular weight is 437 g/mol. The minimum atomic E-state index is -4.81. The predicted molar refractivity (Wildman–Crippen MR) is 108 cm³/mol. The number of H-pyrrole nitrogens is 1. The van der Waals surface area contributed by atoms with Gasteiger partial charge in [-0.15, -0.1) is 5.53 Å². The maximum Gasteiger partial charge on any atom is 0.471 e. The van der Waals surface area contributed by atoms with Gasteiger partial charge in [-0.1, -0.05) is 0 Å². The molecule has 1 atom stereocenters. The molecule has 1 saturated carbocycles. The molecule has 0 radical (unpaired) electrons. The molecule has 31 heavy (non-hydrogen) atoms. The summed E-state index contributed by atoms with van der Waals surface area (Å²) in [5.41, 5.74) is 9.89. The fraction of sp³-hybridized carbons (Fsp3) is 0.600. The van der Waals surface area contributed by atoms with E-state index in [9.17, 15) is 18.0 Å². The van der Waals surface area contributed by atoms with E-state index >= 15 is 0 Å². The van der Waals surface area contributed by atoms with E-state index < -0.39 is 18.1 Å². The highest BCUT2D eigenvalue weighted by atomic mass is 19.4. The lowest BCUT2D eigenvalue weighted by Gasteiger charge is -2.32. The normalized spacial score (nSPS) is 28.5. The van der Waals surface area contributed by atoms with Crippen LogP contribution < -0.4 is 16.3 Å². The van der Waals surface area contributed by atoms with Crippen LogP contribution in [0.1, 0.15) is 37.7 Å². The van der Waals surface area contributed by atoms with Gasteiger partial charge in [0.25, 0.3) is 0 Å². The number of halogens is 3. The van der Waals surface area contributed by atoms with E-state index in [1.165, 1.54) is 5.70 Å². The van der Waals surface area contributed by atoms with E-state index in [-0.39, 0.29) is 0 Å². The largest absolute Gasteiger partial charge is 0.471 e. The van der Waals surface area contributed by atoms with Crippen LogP contribution in [0.25, 0.3) is 5.70 Å². The summed E-state index contributed by atoms with van der Waals surface area (Å²) in [5, 5.41) is 4.03. The van der Waals surface area contributed by atoms with E-state index in [0.29, 0.717) is 24.8 Å². The van der Waals surface area contributed by atoms with E-state index in [0.717, 1.165) is 55.9 Å². The number of amides is 1. The van der Waals surface area contributed by atoms with Crippen LogP contribution in [0.3, 0.4) is 0 Å². The lowest BCUT2D eigenvalue weighted by atomic mass is 9.79. The van der Waals surface area contributed by atoms with Crippen molar-refractivity contribution in [3.63, 3.8) is 0 Å². The molecule has 8 nitrogen and oxygen atoms in total. The van der Waals surface area contributed by atoms with Gasteiger partial charge in [-0.3, -0.25) is 4.79 Å². The minimum Gasteiger partial charge on any atom is -0.346 e. The molecule has 11 heteroatoms. The molecule has 4 heterocycles. The number of aromatic nitrogens is 1. The molecule has 1 aliphatic carbocycles. The third-order valence-electron chi connectivity index (χ3n) is 6.73. The quantitative estimate of drug-likeness (QED) is 0.581. The predicted octanol–water partition coefficient (Wildman–Crippen LogP) is 2.24. The Balaban J connectivity index is 1.14. The zero-order valence-electron chi connectivity index (χ0n) is 17.0. The number of hydrazine groups is 2. The van der Waals surface area contributed by atoms with E-state index in [1.807, 2.05) is 17.3 Å². The summed E-state index contributed by atoms with van der Waals surface area (Å²) in [7, 11) is 0. The Morgan fingerprint density at radius 3 is 2.81 bits per heavy atom. The number of rotatable bonds is 4. The van der Waals surface area contributed by atoms with Gasteiger partial charge in [0.2, 0.25) is 0 Å². The third-order valence-corrected chi connectivity index (χ3v) is 6.73. The van der Waals surface area contributed by atoms with Crippen LogP contribution in [0.15, 0.2) is 23.0 Å². The van der Waals surface area contributed by atoms with Crippen LogP contribution in [-0.4, -0.2) is 59.0 Å². The zero-order chi connectivity index (χ0) is 21.6. The summed E-state index contributed by atoms with van der Waals surface area (Å²) in [6, 6.07) is 1.62.